The van der Waals surface area contributed by atoms with Crippen LogP contribution < -0.4 is 20.3 Å². The fourth-order valence-electron chi connectivity index (χ4n) is 2.81. The predicted octanol–water partition coefficient (Wildman–Crippen LogP) is 3.41. The monoisotopic (exact) mass is 429 g/mol. The van der Waals surface area contributed by atoms with Gasteiger partial charge in [0.15, 0.2) is 0 Å². The number of halogens is 2. The topological polar surface area (TPSA) is 82.5 Å². The third-order valence-electron chi connectivity index (χ3n) is 4.35. The summed E-state index contributed by atoms with van der Waals surface area (Å²) in [7, 11) is 0. The Morgan fingerprint density at radius 3 is 2.55 bits per heavy atom. The van der Waals surface area contributed by atoms with Crippen LogP contribution in [-0.2, 0) is 6.54 Å². The maximum atomic E-state index is 12.6. The molecule has 0 aliphatic heterocycles. The largest absolute Gasteiger partial charge is 0.492 e. The summed E-state index contributed by atoms with van der Waals surface area (Å²) in [6, 6.07) is 17.3. The minimum absolute atomic E-state index is 0.00121. The molecule has 1 N–H and O–H groups in total. The normalized spacial score (nSPS) is 11.7. The van der Waals surface area contributed by atoms with Crippen molar-refractivity contribution in [1.82, 2.24) is 15.1 Å². The van der Waals surface area contributed by atoms with Crippen LogP contribution in [-0.4, -0.2) is 28.9 Å². The molecule has 0 fully saturated rings. The Morgan fingerprint density at radius 1 is 1.06 bits per heavy atom. The number of alkyl halides is 2. The van der Waals surface area contributed by atoms with E-state index in [0.717, 1.165) is 4.68 Å². The molecule has 0 saturated carbocycles. The average Bonchev–Trinajstić information content (AvgIpc) is 2.75. The van der Waals surface area contributed by atoms with Crippen LogP contribution in [0.5, 0.6) is 11.5 Å². The van der Waals surface area contributed by atoms with Gasteiger partial charge in [0.1, 0.15) is 23.8 Å². The number of hydrogen-bond donors (Lipinski definition) is 1. The highest BCUT2D eigenvalue weighted by molar-refractivity contribution is 5.92. The summed E-state index contributed by atoms with van der Waals surface area (Å²) < 4.78 is 35.9. The van der Waals surface area contributed by atoms with E-state index in [1.54, 1.807) is 31.2 Å². The Hall–Kier alpha value is -3.75. The number of nitrogens with zero attached hydrogens (tertiary/aromatic N) is 2. The van der Waals surface area contributed by atoms with Gasteiger partial charge in [0.05, 0.1) is 12.6 Å². The second-order valence-corrected chi connectivity index (χ2v) is 6.59. The highest BCUT2D eigenvalue weighted by Crippen LogP contribution is 2.20. The second kappa shape index (κ2) is 10.3. The van der Waals surface area contributed by atoms with Gasteiger partial charge in [-0.15, -0.1) is 0 Å². The molecule has 31 heavy (non-hydrogen) atoms. The summed E-state index contributed by atoms with van der Waals surface area (Å²) in [6.07, 6.45) is 0. The van der Waals surface area contributed by atoms with Gasteiger partial charge in [-0.3, -0.25) is 9.59 Å². The van der Waals surface area contributed by atoms with Gasteiger partial charge in [0.25, 0.3) is 11.5 Å². The minimum atomic E-state index is -2.93. The van der Waals surface area contributed by atoms with Crippen LogP contribution in [0.1, 0.15) is 29.0 Å². The van der Waals surface area contributed by atoms with Crippen LogP contribution in [0.4, 0.5) is 8.78 Å². The lowest BCUT2D eigenvalue weighted by molar-refractivity contribution is -0.0499. The predicted molar refractivity (Wildman–Crippen MR) is 109 cm³/mol. The summed E-state index contributed by atoms with van der Waals surface area (Å²) in [6.45, 7) is -0.869. The molecule has 0 aliphatic rings. The standard InChI is InChI=1S/C22H21F2N3O4/c1-15(16-6-5-9-18(14-16)31-22(23)24)25-21(29)19-10-11-20(28)27(26-19)12-13-30-17-7-3-2-4-8-17/h2-11,14-15,22H,12-13H2,1H3,(H,25,29). The van der Waals surface area contributed by atoms with Gasteiger partial charge in [0, 0.05) is 6.07 Å². The summed E-state index contributed by atoms with van der Waals surface area (Å²) in [5.74, 6) is 0.153. The molecule has 1 aromatic heterocycles. The summed E-state index contributed by atoms with van der Waals surface area (Å²) in [5.41, 5.74) is 0.264. The zero-order chi connectivity index (χ0) is 22.2. The lowest BCUT2D eigenvalue weighted by atomic mass is 10.1. The third kappa shape index (κ3) is 6.36. The second-order valence-electron chi connectivity index (χ2n) is 6.59. The summed E-state index contributed by atoms with van der Waals surface area (Å²) >= 11 is 0. The van der Waals surface area contributed by atoms with Crippen molar-refractivity contribution in [3.05, 3.63) is 88.3 Å². The van der Waals surface area contributed by atoms with E-state index in [-0.39, 0.29) is 30.2 Å². The number of para-hydroxylation sites is 1. The van der Waals surface area contributed by atoms with E-state index in [9.17, 15) is 18.4 Å². The molecule has 7 nitrogen and oxygen atoms in total. The molecule has 162 valence electrons. The van der Waals surface area contributed by atoms with Gasteiger partial charge in [-0.2, -0.15) is 13.9 Å². The molecule has 2 aromatic carbocycles. The Labute approximate surface area is 177 Å². The van der Waals surface area contributed by atoms with Crippen molar-refractivity contribution in [2.24, 2.45) is 0 Å². The van der Waals surface area contributed by atoms with Crippen LogP contribution >= 0.6 is 0 Å². The van der Waals surface area contributed by atoms with Crippen LogP contribution in [0.3, 0.4) is 0 Å². The van der Waals surface area contributed by atoms with Crippen molar-refractivity contribution < 1.29 is 23.0 Å². The fourth-order valence-corrected chi connectivity index (χ4v) is 2.81. The molecule has 0 spiro atoms. The first-order valence-electron chi connectivity index (χ1n) is 9.54. The first-order valence-corrected chi connectivity index (χ1v) is 9.54. The van der Waals surface area contributed by atoms with Crippen molar-refractivity contribution >= 4 is 5.91 Å². The maximum Gasteiger partial charge on any atom is 0.387 e. The van der Waals surface area contributed by atoms with Gasteiger partial charge in [-0.25, -0.2) is 4.68 Å². The average molecular weight is 429 g/mol. The van der Waals surface area contributed by atoms with E-state index < -0.39 is 18.6 Å². The van der Waals surface area contributed by atoms with Gasteiger partial charge in [-0.1, -0.05) is 30.3 Å². The lowest BCUT2D eigenvalue weighted by Gasteiger charge is -2.15. The number of hydrogen-bond acceptors (Lipinski definition) is 5. The Balaban J connectivity index is 1.63. The highest BCUT2D eigenvalue weighted by Gasteiger charge is 2.15. The highest BCUT2D eigenvalue weighted by atomic mass is 19.3. The number of carbonyl (C=O) groups is 1. The van der Waals surface area contributed by atoms with Crippen molar-refractivity contribution in [2.75, 3.05) is 6.61 Å². The van der Waals surface area contributed by atoms with Gasteiger partial charge in [-0.05, 0) is 42.8 Å². The molecular weight excluding hydrogens is 408 g/mol. The lowest BCUT2D eigenvalue weighted by Crippen LogP contribution is -2.32. The number of carbonyl (C=O) groups excluding carboxylic acids is 1. The quantitative estimate of drug-likeness (QED) is 0.564. The molecule has 0 radical (unpaired) electrons. The van der Waals surface area contributed by atoms with E-state index >= 15 is 0 Å². The Morgan fingerprint density at radius 2 is 1.81 bits per heavy atom. The van der Waals surface area contributed by atoms with Crippen molar-refractivity contribution in [3.63, 3.8) is 0 Å². The fraction of sp³-hybridized carbons (Fsp3) is 0.227. The molecule has 9 heteroatoms. The van der Waals surface area contributed by atoms with Crippen LogP contribution in [0.15, 0.2) is 71.5 Å². The number of ether oxygens (including phenoxy) is 2. The summed E-state index contributed by atoms with van der Waals surface area (Å²) in [5, 5.41) is 6.83. The first kappa shape index (κ1) is 21.9. The smallest absolute Gasteiger partial charge is 0.387 e. The number of rotatable bonds is 9. The molecule has 0 bridgehead atoms. The van der Waals surface area contributed by atoms with E-state index in [0.29, 0.717) is 11.3 Å². The van der Waals surface area contributed by atoms with Gasteiger partial charge >= 0.3 is 6.61 Å². The Kier molecular flexibility index (Phi) is 7.31. The molecule has 1 atom stereocenters. The molecule has 1 unspecified atom stereocenters. The minimum Gasteiger partial charge on any atom is -0.492 e. The zero-order valence-corrected chi connectivity index (χ0v) is 16.7. The van der Waals surface area contributed by atoms with Gasteiger partial charge in [0.2, 0.25) is 0 Å². The van der Waals surface area contributed by atoms with Crippen molar-refractivity contribution in [1.29, 1.82) is 0 Å². The molecule has 1 amide bonds. The van der Waals surface area contributed by atoms with E-state index in [4.69, 9.17) is 4.74 Å². The summed E-state index contributed by atoms with van der Waals surface area (Å²) in [4.78, 5) is 24.6. The van der Waals surface area contributed by atoms with Gasteiger partial charge < -0.3 is 14.8 Å². The SMILES string of the molecule is CC(NC(=O)c1ccc(=O)n(CCOc2ccccc2)n1)c1cccc(OC(F)F)c1. The van der Waals surface area contributed by atoms with Crippen molar-refractivity contribution in [3.8, 4) is 11.5 Å². The van der Waals surface area contributed by atoms with Crippen LogP contribution in [0, 0.1) is 0 Å². The van der Waals surface area contributed by atoms with Crippen molar-refractivity contribution in [2.45, 2.75) is 26.1 Å². The first-order chi connectivity index (χ1) is 14.9. The van der Waals surface area contributed by atoms with E-state index in [2.05, 4.69) is 15.2 Å². The van der Waals surface area contributed by atoms with Crippen LogP contribution in [0.25, 0.3) is 0 Å². The van der Waals surface area contributed by atoms with E-state index in [1.807, 2.05) is 18.2 Å². The number of aromatic nitrogens is 2. The number of amides is 1. The molecular formula is C22H21F2N3O4. The number of benzene rings is 2. The molecule has 3 rings (SSSR count). The molecule has 0 aliphatic carbocycles. The third-order valence-corrected chi connectivity index (χ3v) is 4.35. The zero-order valence-electron chi connectivity index (χ0n) is 16.7. The maximum absolute atomic E-state index is 12.6. The van der Waals surface area contributed by atoms with Crippen LogP contribution in [0.2, 0.25) is 0 Å². The molecule has 3 aromatic rings. The molecule has 1 heterocycles. The molecule has 0 saturated heterocycles. The van der Waals surface area contributed by atoms with E-state index in [1.165, 1.54) is 24.3 Å². The Bertz CT molecular complexity index is 1070. The number of nitrogens with one attached hydrogen (secondary N) is 1.